The Balaban J connectivity index is 1.86. The van der Waals surface area contributed by atoms with Gasteiger partial charge in [0, 0.05) is 30.9 Å². The van der Waals surface area contributed by atoms with Crippen LogP contribution in [0.3, 0.4) is 0 Å². The number of nitrogens with zero attached hydrogens (tertiary/aromatic N) is 3. The Hall–Kier alpha value is -3.60. The molecule has 1 atom stereocenters. The largest absolute Gasteiger partial charge is 0.388 e. The smallest absolute Gasteiger partial charge is 0.282 e. The first-order valence-electron chi connectivity index (χ1n) is 10.1. The van der Waals surface area contributed by atoms with E-state index in [4.69, 9.17) is 0 Å². The number of rotatable bonds is 6. The summed E-state index contributed by atoms with van der Waals surface area (Å²) in [5.74, 6) is 0.366. The molecule has 0 saturated carbocycles. The normalized spacial score (nSPS) is 16.7. The molecule has 0 aromatic heterocycles. The van der Waals surface area contributed by atoms with Gasteiger partial charge in [-0.05, 0) is 43.1 Å². The predicted octanol–water partition coefficient (Wildman–Crippen LogP) is 4.59. The summed E-state index contributed by atoms with van der Waals surface area (Å²) >= 11 is 0. The summed E-state index contributed by atoms with van der Waals surface area (Å²) < 4.78 is 3.61. The van der Waals surface area contributed by atoms with Crippen LogP contribution in [0.2, 0.25) is 0 Å². The van der Waals surface area contributed by atoms with Gasteiger partial charge < -0.3 is 9.88 Å². The third-order valence-electron chi connectivity index (χ3n) is 5.48. The summed E-state index contributed by atoms with van der Waals surface area (Å²) in [6.07, 6.45) is 12.9. The minimum atomic E-state index is -0.142. The van der Waals surface area contributed by atoms with Gasteiger partial charge in [0.05, 0.1) is 16.8 Å². The Morgan fingerprint density at radius 3 is 2.83 bits per heavy atom. The number of hydrogen-bond donors (Lipinski definition) is 1. The van der Waals surface area contributed by atoms with E-state index in [9.17, 15) is 4.79 Å². The summed E-state index contributed by atoms with van der Waals surface area (Å²) in [6.45, 7) is 10.4. The van der Waals surface area contributed by atoms with Crippen LogP contribution in [0.4, 0.5) is 0 Å². The molecule has 1 aliphatic carbocycles. The van der Waals surface area contributed by atoms with Crippen LogP contribution in [0, 0.1) is 5.92 Å². The fraction of sp³-hybridized carbons (Fsp3) is 0.200. The van der Waals surface area contributed by atoms with Crippen LogP contribution in [-0.2, 0) is 6.54 Å². The number of aromatic nitrogens is 3. The molecule has 1 aromatic rings. The number of fused-ring (bicyclic) bond motifs is 3. The molecule has 30 heavy (non-hydrogen) atoms. The summed E-state index contributed by atoms with van der Waals surface area (Å²) in [7, 11) is 1.93. The fourth-order valence-electron chi connectivity index (χ4n) is 3.94. The second-order valence-electron chi connectivity index (χ2n) is 7.61. The lowest BCUT2D eigenvalue weighted by atomic mass is 9.98. The number of nitrogens with one attached hydrogen (secondary N) is 1. The van der Waals surface area contributed by atoms with Crippen molar-refractivity contribution < 1.29 is 0 Å². The van der Waals surface area contributed by atoms with Gasteiger partial charge in [-0.25, -0.2) is 0 Å². The number of pyridine rings is 1. The number of allylic oxidation sites excluding steroid dienone is 7. The third kappa shape index (κ3) is 3.43. The van der Waals surface area contributed by atoms with E-state index in [0.717, 1.165) is 35.1 Å². The standard InChI is InChI=1S/C25H26N4O/c1-5-8-22(17(2)3)29-25(30)21-16-28(15-18-11-13-19(26-4)14-12-18)23-10-7-6-9-20(23)24(21)27-29/h5-11,13-14,16,18,26H,1-2,12,15H2,3-4H3/b22-8+. The fourth-order valence-corrected chi connectivity index (χ4v) is 3.94. The minimum Gasteiger partial charge on any atom is -0.388 e. The molecule has 0 fully saturated rings. The Morgan fingerprint density at radius 2 is 2.17 bits per heavy atom. The van der Waals surface area contributed by atoms with E-state index in [-0.39, 0.29) is 5.56 Å². The Morgan fingerprint density at radius 1 is 1.37 bits per heavy atom. The molecule has 0 bridgehead atoms. The van der Waals surface area contributed by atoms with Gasteiger partial charge >= 0.3 is 0 Å². The molecule has 1 N–H and O–H groups in total. The molecular weight excluding hydrogens is 372 g/mol. The molecule has 4 rings (SSSR count). The highest BCUT2D eigenvalue weighted by molar-refractivity contribution is 5.94. The number of hydrogen-bond acceptors (Lipinski definition) is 3. The van der Waals surface area contributed by atoms with Crippen LogP contribution >= 0.6 is 0 Å². The van der Waals surface area contributed by atoms with Crippen molar-refractivity contribution in [1.29, 1.82) is 0 Å². The molecule has 1 unspecified atom stereocenters. The molecule has 3 aliphatic rings. The van der Waals surface area contributed by atoms with E-state index in [0.29, 0.717) is 22.9 Å². The quantitative estimate of drug-likeness (QED) is 0.618. The van der Waals surface area contributed by atoms with Crippen LogP contribution in [-0.4, -0.2) is 21.4 Å². The highest BCUT2D eigenvalue weighted by Gasteiger charge is 2.22. The Kier molecular flexibility index (Phi) is 5.27. The van der Waals surface area contributed by atoms with Gasteiger partial charge in [0.1, 0.15) is 5.69 Å². The maximum atomic E-state index is 13.3. The SMILES string of the molecule is C=C/C=C(\C(=C)C)n1nc2c3ccccc3n(CC3C=CC(NC)=CC3)cc-2c1=O. The van der Waals surface area contributed by atoms with E-state index in [1.807, 2.05) is 38.4 Å². The van der Waals surface area contributed by atoms with E-state index in [1.165, 1.54) is 4.68 Å². The first-order chi connectivity index (χ1) is 14.5. The topological polar surface area (TPSA) is 51.9 Å². The summed E-state index contributed by atoms with van der Waals surface area (Å²) in [5.41, 5.74) is 4.79. The van der Waals surface area contributed by atoms with Gasteiger partial charge in [-0.3, -0.25) is 4.79 Å². The first-order valence-corrected chi connectivity index (χ1v) is 10.1. The summed E-state index contributed by atoms with van der Waals surface area (Å²) in [5, 5.41) is 8.82. The molecule has 5 heteroatoms. The van der Waals surface area contributed by atoms with Crippen molar-refractivity contribution in [2.75, 3.05) is 7.05 Å². The maximum Gasteiger partial charge on any atom is 0.282 e. The molecule has 0 radical (unpaired) electrons. The average Bonchev–Trinajstić information content (AvgIpc) is 3.09. The number of benzene rings is 1. The van der Waals surface area contributed by atoms with Crippen molar-refractivity contribution in [1.82, 2.24) is 19.7 Å². The lowest BCUT2D eigenvalue weighted by Crippen LogP contribution is -2.18. The van der Waals surface area contributed by atoms with Gasteiger partial charge in [0.25, 0.3) is 5.56 Å². The van der Waals surface area contributed by atoms with Crippen molar-refractivity contribution in [3.05, 3.63) is 95.6 Å². The highest BCUT2D eigenvalue weighted by Crippen LogP contribution is 2.30. The number of para-hydroxylation sites is 1. The van der Waals surface area contributed by atoms with Crippen molar-refractivity contribution in [2.45, 2.75) is 19.9 Å². The second kappa shape index (κ2) is 8.03. The van der Waals surface area contributed by atoms with E-state index in [2.05, 4.69) is 52.4 Å². The lowest BCUT2D eigenvalue weighted by molar-refractivity contribution is 0.538. The van der Waals surface area contributed by atoms with Crippen LogP contribution in [0.25, 0.3) is 27.9 Å². The highest BCUT2D eigenvalue weighted by atomic mass is 16.1. The molecule has 5 nitrogen and oxygen atoms in total. The molecule has 0 amide bonds. The lowest BCUT2D eigenvalue weighted by Gasteiger charge is -2.20. The van der Waals surface area contributed by atoms with Crippen LogP contribution in [0.5, 0.6) is 0 Å². The second-order valence-corrected chi connectivity index (χ2v) is 7.61. The van der Waals surface area contributed by atoms with Crippen molar-refractivity contribution in [3.8, 4) is 11.3 Å². The van der Waals surface area contributed by atoms with Gasteiger partial charge in [-0.15, -0.1) is 0 Å². The molecule has 0 spiro atoms. The zero-order valence-corrected chi connectivity index (χ0v) is 17.4. The molecule has 0 saturated heterocycles. The third-order valence-corrected chi connectivity index (χ3v) is 5.48. The van der Waals surface area contributed by atoms with Gasteiger partial charge in [0.15, 0.2) is 0 Å². The van der Waals surface area contributed by atoms with Crippen LogP contribution in [0.15, 0.2) is 90.1 Å². The molecular formula is C25H26N4O. The van der Waals surface area contributed by atoms with Crippen molar-refractivity contribution in [3.63, 3.8) is 0 Å². The maximum absolute atomic E-state index is 13.3. The zero-order chi connectivity index (χ0) is 21.3. The van der Waals surface area contributed by atoms with E-state index in [1.54, 1.807) is 12.2 Å². The molecule has 2 aliphatic heterocycles. The zero-order valence-electron chi connectivity index (χ0n) is 17.4. The van der Waals surface area contributed by atoms with E-state index < -0.39 is 0 Å². The average molecular weight is 399 g/mol. The van der Waals surface area contributed by atoms with Crippen LogP contribution < -0.4 is 10.9 Å². The monoisotopic (exact) mass is 398 g/mol. The van der Waals surface area contributed by atoms with Crippen molar-refractivity contribution >= 4 is 16.6 Å². The summed E-state index contributed by atoms with van der Waals surface area (Å²) in [6, 6.07) is 8.11. The Labute approximate surface area is 176 Å². The van der Waals surface area contributed by atoms with Gasteiger partial charge in [-0.1, -0.05) is 49.6 Å². The van der Waals surface area contributed by atoms with Gasteiger partial charge in [0.2, 0.25) is 0 Å². The molecule has 2 heterocycles. The molecule has 152 valence electrons. The summed E-state index contributed by atoms with van der Waals surface area (Å²) in [4.78, 5) is 13.3. The number of likely N-dealkylation sites (N-methyl/N-ethyl adjacent to an activating group) is 1. The van der Waals surface area contributed by atoms with Gasteiger partial charge in [-0.2, -0.15) is 9.78 Å². The van der Waals surface area contributed by atoms with E-state index >= 15 is 0 Å². The first kappa shape index (κ1) is 19.7. The minimum absolute atomic E-state index is 0.142. The Bertz CT molecular complexity index is 1250. The predicted molar refractivity (Wildman–Crippen MR) is 124 cm³/mol. The van der Waals surface area contributed by atoms with Crippen molar-refractivity contribution in [2.24, 2.45) is 5.92 Å². The molecule has 1 aromatic carbocycles. The van der Waals surface area contributed by atoms with Crippen LogP contribution in [0.1, 0.15) is 13.3 Å².